The standard InChI is InChI=1S/C21H30N4O5/c1-13(2)18(25-17(26)12-23-19(27)15-9-6-10-22-15)20(28)24-16(21(29)30)11-14-7-4-3-5-8-14/h3-5,7-8,13,15-16,18,22H,6,9-12H2,1-2H3,(H,23,27)(H,24,28)(H,25,26)(H,29,30). The van der Waals surface area contributed by atoms with Crippen LogP contribution in [0.3, 0.4) is 0 Å². The average Bonchev–Trinajstić information content (AvgIpc) is 3.25. The van der Waals surface area contributed by atoms with Gasteiger partial charge in [-0.25, -0.2) is 4.79 Å². The minimum atomic E-state index is -1.16. The second-order valence-corrected chi connectivity index (χ2v) is 7.75. The van der Waals surface area contributed by atoms with Crippen LogP contribution in [-0.2, 0) is 25.6 Å². The molecular formula is C21H30N4O5. The Morgan fingerprint density at radius 1 is 1.13 bits per heavy atom. The molecule has 30 heavy (non-hydrogen) atoms. The third-order valence-corrected chi connectivity index (χ3v) is 4.96. The summed E-state index contributed by atoms with van der Waals surface area (Å²) in [6, 6.07) is 6.64. The summed E-state index contributed by atoms with van der Waals surface area (Å²) >= 11 is 0. The van der Waals surface area contributed by atoms with Gasteiger partial charge in [0.2, 0.25) is 17.7 Å². The predicted molar refractivity (Wildman–Crippen MR) is 111 cm³/mol. The van der Waals surface area contributed by atoms with Crippen molar-refractivity contribution >= 4 is 23.7 Å². The van der Waals surface area contributed by atoms with Gasteiger partial charge in [0.25, 0.3) is 0 Å². The molecule has 164 valence electrons. The van der Waals surface area contributed by atoms with Crippen LogP contribution in [0.2, 0.25) is 0 Å². The summed E-state index contributed by atoms with van der Waals surface area (Å²) < 4.78 is 0. The first-order valence-corrected chi connectivity index (χ1v) is 10.2. The fourth-order valence-electron chi connectivity index (χ4n) is 3.27. The van der Waals surface area contributed by atoms with Crippen LogP contribution in [0.25, 0.3) is 0 Å². The maximum Gasteiger partial charge on any atom is 0.326 e. The molecule has 0 radical (unpaired) electrons. The topological polar surface area (TPSA) is 137 Å². The van der Waals surface area contributed by atoms with Gasteiger partial charge in [0.05, 0.1) is 12.6 Å². The summed E-state index contributed by atoms with van der Waals surface area (Å²) in [5, 5.41) is 20.2. The number of amides is 3. The smallest absolute Gasteiger partial charge is 0.326 e. The van der Waals surface area contributed by atoms with E-state index in [0.717, 1.165) is 24.9 Å². The summed E-state index contributed by atoms with van der Waals surface area (Å²) in [4.78, 5) is 48.5. The van der Waals surface area contributed by atoms with Gasteiger partial charge in [-0.3, -0.25) is 14.4 Å². The highest BCUT2D eigenvalue weighted by Gasteiger charge is 2.29. The zero-order valence-corrected chi connectivity index (χ0v) is 17.3. The molecule has 1 aliphatic heterocycles. The molecular weight excluding hydrogens is 388 g/mol. The quantitative estimate of drug-likeness (QED) is 0.357. The first kappa shape index (κ1) is 23.3. The average molecular weight is 418 g/mol. The van der Waals surface area contributed by atoms with E-state index in [1.807, 2.05) is 6.07 Å². The zero-order valence-electron chi connectivity index (χ0n) is 17.3. The van der Waals surface area contributed by atoms with Crippen molar-refractivity contribution < 1.29 is 24.3 Å². The Morgan fingerprint density at radius 3 is 2.40 bits per heavy atom. The molecule has 1 aliphatic rings. The highest BCUT2D eigenvalue weighted by molar-refractivity contribution is 5.92. The minimum Gasteiger partial charge on any atom is -0.480 e. The van der Waals surface area contributed by atoms with Gasteiger partial charge in [-0.2, -0.15) is 0 Å². The van der Waals surface area contributed by atoms with E-state index in [9.17, 15) is 24.3 Å². The van der Waals surface area contributed by atoms with E-state index in [2.05, 4.69) is 21.3 Å². The van der Waals surface area contributed by atoms with E-state index in [0.29, 0.717) is 0 Å². The number of hydrogen-bond acceptors (Lipinski definition) is 5. The molecule has 3 amide bonds. The number of aliphatic carboxylic acids is 1. The van der Waals surface area contributed by atoms with Gasteiger partial charge in [-0.1, -0.05) is 44.2 Å². The van der Waals surface area contributed by atoms with Crippen LogP contribution in [0, 0.1) is 5.92 Å². The van der Waals surface area contributed by atoms with Gasteiger partial charge in [0.15, 0.2) is 0 Å². The lowest BCUT2D eigenvalue weighted by atomic mass is 10.0. The third-order valence-electron chi connectivity index (χ3n) is 4.96. The molecule has 0 bridgehead atoms. The molecule has 0 aliphatic carbocycles. The zero-order chi connectivity index (χ0) is 22.1. The number of hydrogen-bond donors (Lipinski definition) is 5. The minimum absolute atomic E-state index is 0.130. The number of nitrogens with one attached hydrogen (secondary N) is 4. The van der Waals surface area contributed by atoms with E-state index in [1.54, 1.807) is 38.1 Å². The maximum atomic E-state index is 12.7. The molecule has 3 unspecified atom stereocenters. The van der Waals surface area contributed by atoms with Crippen molar-refractivity contribution in [2.45, 2.75) is 51.2 Å². The van der Waals surface area contributed by atoms with Crippen LogP contribution in [0.5, 0.6) is 0 Å². The van der Waals surface area contributed by atoms with Crippen LogP contribution in [-0.4, -0.2) is 60.0 Å². The van der Waals surface area contributed by atoms with Crippen molar-refractivity contribution in [2.24, 2.45) is 5.92 Å². The molecule has 9 nitrogen and oxygen atoms in total. The molecule has 0 spiro atoms. The SMILES string of the molecule is CC(C)C(NC(=O)CNC(=O)C1CCCN1)C(=O)NC(Cc1ccccc1)C(=O)O. The van der Waals surface area contributed by atoms with Crippen molar-refractivity contribution in [1.29, 1.82) is 0 Å². The lowest BCUT2D eigenvalue weighted by Crippen LogP contribution is -2.55. The molecule has 0 saturated carbocycles. The number of benzene rings is 1. The van der Waals surface area contributed by atoms with Crippen molar-refractivity contribution in [1.82, 2.24) is 21.3 Å². The summed E-state index contributed by atoms with van der Waals surface area (Å²) in [6.45, 7) is 4.02. The third kappa shape index (κ3) is 7.14. The molecule has 0 aromatic heterocycles. The van der Waals surface area contributed by atoms with Crippen LogP contribution < -0.4 is 21.3 Å². The van der Waals surface area contributed by atoms with Gasteiger partial charge < -0.3 is 26.4 Å². The Bertz CT molecular complexity index is 747. The summed E-state index contributed by atoms with van der Waals surface area (Å²) in [6.07, 6.45) is 1.77. The summed E-state index contributed by atoms with van der Waals surface area (Å²) in [5.74, 6) is -2.76. The van der Waals surface area contributed by atoms with Gasteiger partial charge in [-0.05, 0) is 30.9 Å². The highest BCUT2D eigenvalue weighted by Crippen LogP contribution is 2.07. The van der Waals surface area contributed by atoms with Crippen molar-refractivity contribution in [2.75, 3.05) is 13.1 Å². The Labute approximate surface area is 176 Å². The van der Waals surface area contributed by atoms with Crippen molar-refractivity contribution in [3.8, 4) is 0 Å². The number of carbonyl (C=O) groups excluding carboxylic acids is 3. The van der Waals surface area contributed by atoms with E-state index >= 15 is 0 Å². The van der Waals surface area contributed by atoms with Crippen LogP contribution in [0.15, 0.2) is 30.3 Å². The fourth-order valence-corrected chi connectivity index (χ4v) is 3.27. The lowest BCUT2D eigenvalue weighted by Gasteiger charge is -2.24. The molecule has 3 atom stereocenters. The molecule has 1 aromatic rings. The van der Waals surface area contributed by atoms with E-state index in [-0.39, 0.29) is 30.8 Å². The van der Waals surface area contributed by atoms with Crippen LogP contribution >= 0.6 is 0 Å². The maximum absolute atomic E-state index is 12.7. The monoisotopic (exact) mass is 418 g/mol. The second kappa shape index (κ2) is 11.3. The van der Waals surface area contributed by atoms with Gasteiger partial charge >= 0.3 is 5.97 Å². The van der Waals surface area contributed by atoms with Crippen molar-refractivity contribution in [3.63, 3.8) is 0 Å². The van der Waals surface area contributed by atoms with Crippen LogP contribution in [0.4, 0.5) is 0 Å². The van der Waals surface area contributed by atoms with Gasteiger partial charge in [0, 0.05) is 6.42 Å². The molecule has 5 N–H and O–H groups in total. The Kier molecular flexibility index (Phi) is 8.79. The largest absolute Gasteiger partial charge is 0.480 e. The fraction of sp³-hybridized carbons (Fsp3) is 0.524. The molecule has 1 aromatic carbocycles. The first-order chi connectivity index (χ1) is 14.3. The van der Waals surface area contributed by atoms with Crippen molar-refractivity contribution in [3.05, 3.63) is 35.9 Å². The summed E-state index contributed by atoms with van der Waals surface area (Å²) in [7, 11) is 0. The Balaban J connectivity index is 1.91. The Morgan fingerprint density at radius 2 is 1.83 bits per heavy atom. The molecule has 1 heterocycles. The Hall–Kier alpha value is -2.94. The van der Waals surface area contributed by atoms with Gasteiger partial charge in [-0.15, -0.1) is 0 Å². The second-order valence-electron chi connectivity index (χ2n) is 7.75. The molecule has 1 saturated heterocycles. The first-order valence-electron chi connectivity index (χ1n) is 10.2. The molecule has 9 heteroatoms. The van der Waals surface area contributed by atoms with E-state index < -0.39 is 29.9 Å². The van der Waals surface area contributed by atoms with E-state index in [1.165, 1.54) is 0 Å². The lowest BCUT2D eigenvalue weighted by molar-refractivity contribution is -0.142. The van der Waals surface area contributed by atoms with Gasteiger partial charge in [0.1, 0.15) is 12.1 Å². The normalized spacial score (nSPS) is 17.8. The van der Waals surface area contributed by atoms with Crippen LogP contribution in [0.1, 0.15) is 32.3 Å². The predicted octanol–water partition coefficient (Wildman–Crippen LogP) is -0.192. The molecule has 2 rings (SSSR count). The number of carboxylic acids is 1. The summed E-state index contributed by atoms with van der Waals surface area (Å²) in [5.41, 5.74) is 0.776. The number of carbonyl (C=O) groups is 4. The number of rotatable bonds is 10. The molecule has 1 fully saturated rings. The highest BCUT2D eigenvalue weighted by atomic mass is 16.4. The number of carboxylic acid groups (broad SMARTS) is 1. The van der Waals surface area contributed by atoms with E-state index in [4.69, 9.17) is 0 Å².